The number of ether oxygens (including phenoxy) is 1. The lowest BCUT2D eigenvalue weighted by molar-refractivity contribution is 0.0950. The number of carbonyl (C=O) groups excluding carboxylic acids is 1. The van der Waals surface area contributed by atoms with Crippen molar-refractivity contribution >= 4 is 34.8 Å². The molecule has 0 aliphatic heterocycles. The highest BCUT2D eigenvalue weighted by molar-refractivity contribution is 6.36. The highest BCUT2D eigenvalue weighted by atomic mass is 35.5. The summed E-state index contributed by atoms with van der Waals surface area (Å²) < 4.78 is 5.12. The Kier molecular flexibility index (Phi) is 5.78. The second-order valence-corrected chi connectivity index (χ2v) is 6.50. The van der Waals surface area contributed by atoms with Crippen LogP contribution < -0.4 is 10.2 Å². The van der Waals surface area contributed by atoms with E-state index in [0.29, 0.717) is 27.0 Å². The van der Waals surface area contributed by atoms with E-state index in [1.807, 2.05) is 24.3 Å². The Morgan fingerprint density at radius 1 is 1.15 bits per heavy atom. The van der Waals surface area contributed by atoms with Crippen LogP contribution >= 0.6 is 23.2 Å². The summed E-state index contributed by atoms with van der Waals surface area (Å²) in [6.45, 7) is 1.80. The third-order valence-electron chi connectivity index (χ3n) is 3.86. The number of nitrogens with one attached hydrogen (secondary N) is 2. The van der Waals surface area contributed by atoms with Gasteiger partial charge in [-0.05, 0) is 61.0 Å². The van der Waals surface area contributed by atoms with E-state index in [0.717, 1.165) is 11.3 Å². The predicted molar refractivity (Wildman–Crippen MR) is 107 cm³/mol. The van der Waals surface area contributed by atoms with Crippen LogP contribution in [0.3, 0.4) is 0 Å². The monoisotopic (exact) mass is 402 g/mol. The lowest BCUT2D eigenvalue weighted by atomic mass is 10.1. The van der Waals surface area contributed by atoms with Crippen LogP contribution in [0.4, 0.5) is 0 Å². The van der Waals surface area contributed by atoms with E-state index in [2.05, 4.69) is 20.7 Å². The van der Waals surface area contributed by atoms with Crippen LogP contribution in [-0.4, -0.2) is 28.9 Å². The van der Waals surface area contributed by atoms with Crippen LogP contribution in [0.2, 0.25) is 10.0 Å². The van der Waals surface area contributed by atoms with Gasteiger partial charge in [0.25, 0.3) is 5.91 Å². The zero-order valence-electron chi connectivity index (χ0n) is 14.6. The molecule has 1 heterocycles. The number of methoxy groups -OCH3 is 1. The number of halogens is 2. The number of nitrogens with zero attached hydrogens (tertiary/aromatic N) is 2. The number of rotatable bonds is 5. The SMILES string of the molecule is COc1ccc(/C(C)=N\NC(=O)c2cc(-c3ccc(Cl)cc3Cl)n[nH]2)cc1. The van der Waals surface area contributed by atoms with Crippen LogP contribution in [-0.2, 0) is 0 Å². The molecule has 138 valence electrons. The summed E-state index contributed by atoms with van der Waals surface area (Å²) in [6.07, 6.45) is 0. The Morgan fingerprint density at radius 2 is 1.89 bits per heavy atom. The first-order valence-electron chi connectivity index (χ1n) is 7.98. The minimum atomic E-state index is -0.410. The average molecular weight is 403 g/mol. The van der Waals surface area contributed by atoms with Gasteiger partial charge in [0.2, 0.25) is 0 Å². The fraction of sp³-hybridized carbons (Fsp3) is 0.105. The van der Waals surface area contributed by atoms with Gasteiger partial charge in [-0.2, -0.15) is 10.2 Å². The first kappa shape index (κ1) is 18.9. The van der Waals surface area contributed by atoms with Gasteiger partial charge in [-0.3, -0.25) is 9.89 Å². The van der Waals surface area contributed by atoms with Crippen LogP contribution in [0.1, 0.15) is 23.0 Å². The van der Waals surface area contributed by atoms with Gasteiger partial charge in [0.05, 0.1) is 23.5 Å². The van der Waals surface area contributed by atoms with Crippen LogP contribution in [0.5, 0.6) is 5.75 Å². The number of benzene rings is 2. The third kappa shape index (κ3) is 4.48. The summed E-state index contributed by atoms with van der Waals surface area (Å²) in [7, 11) is 1.60. The number of hydrazone groups is 1. The van der Waals surface area contributed by atoms with Gasteiger partial charge in [-0.25, -0.2) is 5.43 Å². The zero-order chi connectivity index (χ0) is 19.4. The number of H-pyrrole nitrogens is 1. The van der Waals surface area contributed by atoms with Gasteiger partial charge in [0.1, 0.15) is 11.4 Å². The number of aromatic amines is 1. The van der Waals surface area contributed by atoms with E-state index >= 15 is 0 Å². The van der Waals surface area contributed by atoms with E-state index in [1.54, 1.807) is 38.3 Å². The molecule has 0 unspecified atom stereocenters. The summed E-state index contributed by atoms with van der Waals surface area (Å²) >= 11 is 12.1. The van der Waals surface area contributed by atoms with Gasteiger partial charge in [-0.15, -0.1) is 0 Å². The molecule has 0 fully saturated rings. The minimum absolute atomic E-state index is 0.266. The lowest BCUT2D eigenvalue weighted by Crippen LogP contribution is -2.19. The largest absolute Gasteiger partial charge is 0.497 e. The summed E-state index contributed by atoms with van der Waals surface area (Å²) in [5.74, 6) is 0.341. The summed E-state index contributed by atoms with van der Waals surface area (Å²) in [6, 6.07) is 14.0. The number of aromatic nitrogens is 2. The second-order valence-electron chi connectivity index (χ2n) is 5.66. The molecule has 0 spiro atoms. The molecule has 6 nitrogen and oxygen atoms in total. The van der Waals surface area contributed by atoms with E-state index in [9.17, 15) is 4.79 Å². The maximum Gasteiger partial charge on any atom is 0.289 e. The fourth-order valence-corrected chi connectivity index (χ4v) is 2.87. The van der Waals surface area contributed by atoms with Gasteiger partial charge < -0.3 is 4.74 Å². The molecule has 2 N–H and O–H groups in total. The molecule has 27 heavy (non-hydrogen) atoms. The second kappa shape index (κ2) is 8.24. The molecule has 0 saturated carbocycles. The smallest absolute Gasteiger partial charge is 0.289 e. The first-order chi connectivity index (χ1) is 13.0. The van der Waals surface area contributed by atoms with Crippen LogP contribution in [0.15, 0.2) is 53.6 Å². The van der Waals surface area contributed by atoms with Crippen molar-refractivity contribution in [2.45, 2.75) is 6.92 Å². The van der Waals surface area contributed by atoms with Gasteiger partial charge in [-0.1, -0.05) is 23.2 Å². The van der Waals surface area contributed by atoms with E-state index in [1.165, 1.54) is 0 Å². The molecule has 0 aliphatic carbocycles. The Hall–Kier alpha value is -2.83. The molecule has 0 aliphatic rings. The molecule has 3 rings (SSSR count). The van der Waals surface area contributed by atoms with Crippen molar-refractivity contribution in [2.75, 3.05) is 7.11 Å². The topological polar surface area (TPSA) is 79.4 Å². The van der Waals surface area contributed by atoms with Gasteiger partial charge >= 0.3 is 0 Å². The van der Waals surface area contributed by atoms with E-state index in [4.69, 9.17) is 27.9 Å². The van der Waals surface area contributed by atoms with Crippen LogP contribution in [0.25, 0.3) is 11.3 Å². The molecule has 0 bridgehead atoms. The molecular formula is C19H16Cl2N4O2. The van der Waals surface area contributed by atoms with Crippen molar-refractivity contribution in [2.24, 2.45) is 5.10 Å². The summed E-state index contributed by atoms with van der Waals surface area (Å²) in [4.78, 5) is 12.3. The van der Waals surface area contributed by atoms with Crippen molar-refractivity contribution in [3.8, 4) is 17.0 Å². The third-order valence-corrected chi connectivity index (χ3v) is 4.41. The van der Waals surface area contributed by atoms with Gasteiger partial charge in [0, 0.05) is 10.6 Å². The lowest BCUT2D eigenvalue weighted by Gasteiger charge is -2.03. The Balaban J connectivity index is 1.72. The summed E-state index contributed by atoms with van der Waals surface area (Å²) in [5.41, 5.74) is 5.52. The first-order valence-corrected chi connectivity index (χ1v) is 8.73. The number of hydrogen-bond acceptors (Lipinski definition) is 4. The molecule has 1 aromatic heterocycles. The maximum absolute atomic E-state index is 12.3. The predicted octanol–water partition coefficient (Wildman–Crippen LogP) is 4.55. The fourth-order valence-electron chi connectivity index (χ4n) is 2.36. The molecule has 8 heteroatoms. The maximum atomic E-state index is 12.3. The average Bonchev–Trinajstić information content (AvgIpc) is 3.16. The molecular weight excluding hydrogens is 387 g/mol. The zero-order valence-corrected chi connectivity index (χ0v) is 16.1. The molecule has 0 radical (unpaired) electrons. The minimum Gasteiger partial charge on any atom is -0.497 e. The molecule has 2 aromatic carbocycles. The Labute approximate surface area is 166 Å². The molecule has 3 aromatic rings. The number of carbonyl (C=O) groups is 1. The van der Waals surface area contributed by atoms with Crippen molar-refractivity contribution in [3.63, 3.8) is 0 Å². The van der Waals surface area contributed by atoms with Crippen molar-refractivity contribution < 1.29 is 9.53 Å². The Bertz CT molecular complexity index is 997. The van der Waals surface area contributed by atoms with Crippen molar-refractivity contribution in [3.05, 3.63) is 69.8 Å². The van der Waals surface area contributed by atoms with Crippen molar-refractivity contribution in [1.29, 1.82) is 0 Å². The Morgan fingerprint density at radius 3 is 2.56 bits per heavy atom. The molecule has 0 saturated heterocycles. The number of amides is 1. The highest BCUT2D eigenvalue weighted by Gasteiger charge is 2.13. The molecule has 1 amide bonds. The summed E-state index contributed by atoms with van der Waals surface area (Å²) in [5, 5.41) is 11.9. The number of hydrogen-bond donors (Lipinski definition) is 2. The van der Waals surface area contributed by atoms with Crippen molar-refractivity contribution in [1.82, 2.24) is 15.6 Å². The van der Waals surface area contributed by atoms with Gasteiger partial charge in [0.15, 0.2) is 0 Å². The van der Waals surface area contributed by atoms with E-state index in [-0.39, 0.29) is 5.69 Å². The van der Waals surface area contributed by atoms with Crippen LogP contribution in [0, 0.1) is 0 Å². The normalized spacial score (nSPS) is 11.3. The quantitative estimate of drug-likeness (QED) is 0.485. The molecule has 0 atom stereocenters. The van der Waals surface area contributed by atoms with E-state index < -0.39 is 5.91 Å². The standard InChI is InChI=1S/C19H16Cl2N4O2/c1-11(12-3-6-14(27-2)7-4-12)22-25-19(26)18-10-17(23-24-18)15-8-5-13(20)9-16(15)21/h3-10H,1-2H3,(H,23,24)(H,25,26)/b22-11-. The highest BCUT2D eigenvalue weighted by Crippen LogP contribution is 2.29.